The van der Waals surface area contributed by atoms with E-state index >= 15 is 0 Å². The highest BCUT2D eigenvalue weighted by atomic mass is 16.7. The molecule has 9 heteroatoms. The third-order valence-electron chi connectivity index (χ3n) is 6.18. The molecule has 0 aliphatic carbocycles. The number of hydrogen-bond acceptors (Lipinski definition) is 7. The van der Waals surface area contributed by atoms with Gasteiger partial charge in [0.1, 0.15) is 25.6 Å². The molecule has 2 fully saturated rings. The lowest BCUT2D eigenvalue weighted by Gasteiger charge is -2.29. The van der Waals surface area contributed by atoms with Gasteiger partial charge in [-0.2, -0.15) is 0 Å². The van der Waals surface area contributed by atoms with E-state index in [9.17, 15) is 14.4 Å². The Hall–Kier alpha value is -3.53. The number of benzene rings is 2. The molecule has 3 aromatic rings. The van der Waals surface area contributed by atoms with E-state index in [0.717, 1.165) is 11.1 Å². The van der Waals surface area contributed by atoms with Gasteiger partial charge in [-0.25, -0.2) is 9.59 Å². The molecular formula is C25H24N2O7. The molecular weight excluding hydrogens is 440 g/mol. The van der Waals surface area contributed by atoms with Crippen LogP contribution in [-0.2, 0) is 18.9 Å². The van der Waals surface area contributed by atoms with Gasteiger partial charge in [0.2, 0.25) is 0 Å². The predicted octanol–water partition coefficient (Wildman–Crippen LogP) is 2.26. The molecule has 1 N–H and O–H groups in total. The smallest absolute Gasteiger partial charge is 0.338 e. The summed E-state index contributed by atoms with van der Waals surface area (Å²) in [5.41, 5.74) is 1.82. The number of nitrogens with zero attached hydrogens (tertiary/aromatic N) is 1. The second kappa shape index (κ2) is 9.38. The first-order valence-electron chi connectivity index (χ1n) is 11.0. The number of aryl methyl sites for hydroxylation is 1. The van der Waals surface area contributed by atoms with E-state index in [2.05, 4.69) is 4.98 Å². The molecule has 0 amide bonds. The van der Waals surface area contributed by atoms with Crippen molar-refractivity contribution in [2.75, 3.05) is 20.0 Å². The van der Waals surface area contributed by atoms with E-state index in [4.69, 9.17) is 18.9 Å². The lowest BCUT2D eigenvalue weighted by Crippen LogP contribution is -2.42. The summed E-state index contributed by atoms with van der Waals surface area (Å²) >= 11 is 0. The van der Waals surface area contributed by atoms with Crippen LogP contribution < -0.4 is 11.2 Å². The number of carbonyl (C=O) groups is 1. The molecule has 2 aliphatic heterocycles. The van der Waals surface area contributed by atoms with Gasteiger partial charge in [-0.1, -0.05) is 42.5 Å². The largest absolute Gasteiger partial charge is 0.459 e. The maximum absolute atomic E-state index is 12.7. The highest BCUT2D eigenvalue weighted by molar-refractivity contribution is 5.90. The number of esters is 1. The van der Waals surface area contributed by atoms with Crippen molar-refractivity contribution in [3.8, 4) is 11.1 Å². The van der Waals surface area contributed by atoms with E-state index in [0.29, 0.717) is 17.7 Å². The molecule has 0 bridgehead atoms. The van der Waals surface area contributed by atoms with Crippen LogP contribution in [-0.4, -0.2) is 47.7 Å². The van der Waals surface area contributed by atoms with Crippen LogP contribution in [0.5, 0.6) is 0 Å². The Morgan fingerprint density at radius 2 is 1.82 bits per heavy atom. The van der Waals surface area contributed by atoms with Crippen LogP contribution in [0.15, 0.2) is 70.4 Å². The molecule has 4 atom stereocenters. The first-order valence-corrected chi connectivity index (χ1v) is 11.0. The standard InChI is InChI=1S/C25H24N2O7/c1-15-11-27(25(30)26-22(15)28)23-21-19(12-31-14-33-21)20(34-23)13-32-24(29)18-9-7-17(8-10-18)16-5-3-2-4-6-16/h2-11,19-21,23H,12-14H2,1H3,(H,26,28,30). The summed E-state index contributed by atoms with van der Waals surface area (Å²) in [5, 5.41) is 0. The molecule has 9 nitrogen and oxygen atoms in total. The molecule has 2 aliphatic rings. The molecule has 3 heterocycles. The molecule has 2 saturated heterocycles. The van der Waals surface area contributed by atoms with Crippen LogP contribution in [0.1, 0.15) is 22.1 Å². The van der Waals surface area contributed by atoms with Gasteiger partial charge in [0.05, 0.1) is 12.2 Å². The van der Waals surface area contributed by atoms with E-state index < -0.39 is 35.7 Å². The number of nitrogens with one attached hydrogen (secondary N) is 1. The molecule has 0 radical (unpaired) electrons. The van der Waals surface area contributed by atoms with Crippen molar-refractivity contribution < 1.29 is 23.7 Å². The number of rotatable bonds is 5. The number of aromatic nitrogens is 2. The molecule has 2 aromatic carbocycles. The minimum atomic E-state index is -0.772. The molecule has 176 valence electrons. The van der Waals surface area contributed by atoms with Gasteiger partial charge in [-0.05, 0) is 30.2 Å². The maximum atomic E-state index is 12.7. The molecule has 1 aromatic heterocycles. The molecule has 34 heavy (non-hydrogen) atoms. The number of aromatic amines is 1. The van der Waals surface area contributed by atoms with E-state index in [-0.39, 0.29) is 19.3 Å². The molecule has 5 rings (SSSR count). The number of hydrogen-bond donors (Lipinski definition) is 1. The van der Waals surface area contributed by atoms with Crippen LogP contribution in [0.2, 0.25) is 0 Å². The van der Waals surface area contributed by atoms with Gasteiger partial charge in [-0.15, -0.1) is 0 Å². The van der Waals surface area contributed by atoms with Gasteiger partial charge < -0.3 is 18.9 Å². The monoisotopic (exact) mass is 464 g/mol. The first-order chi connectivity index (χ1) is 16.5. The van der Waals surface area contributed by atoms with Crippen molar-refractivity contribution in [1.82, 2.24) is 9.55 Å². The summed E-state index contributed by atoms with van der Waals surface area (Å²) in [6.45, 7) is 1.99. The Bertz CT molecular complexity index is 1280. The zero-order chi connectivity index (χ0) is 23.7. The number of carbonyl (C=O) groups excluding carboxylic acids is 1. The van der Waals surface area contributed by atoms with Gasteiger partial charge in [0, 0.05) is 17.7 Å². The summed E-state index contributed by atoms with van der Waals surface area (Å²) < 4.78 is 24.1. The Morgan fingerprint density at radius 3 is 2.59 bits per heavy atom. The topological polar surface area (TPSA) is 109 Å². The molecule has 0 saturated carbocycles. The lowest BCUT2D eigenvalue weighted by atomic mass is 9.98. The first kappa shape index (κ1) is 22.3. The van der Waals surface area contributed by atoms with Gasteiger partial charge in [0.15, 0.2) is 6.23 Å². The van der Waals surface area contributed by atoms with Crippen molar-refractivity contribution in [2.45, 2.75) is 25.4 Å². The Balaban J connectivity index is 1.29. The van der Waals surface area contributed by atoms with Crippen LogP contribution in [0.3, 0.4) is 0 Å². The average Bonchev–Trinajstić information content (AvgIpc) is 3.24. The highest BCUT2D eigenvalue weighted by Crippen LogP contribution is 2.38. The minimum absolute atomic E-state index is 0.0270. The fourth-order valence-corrected chi connectivity index (χ4v) is 4.33. The predicted molar refractivity (Wildman–Crippen MR) is 121 cm³/mol. The average molecular weight is 464 g/mol. The SMILES string of the molecule is Cc1cn(C2OC(COC(=O)c3ccc(-c4ccccc4)cc3)C3COCOC32)c(=O)[nH]c1=O. The number of ether oxygens (including phenoxy) is 4. The summed E-state index contributed by atoms with van der Waals surface area (Å²) in [6, 6.07) is 17.1. The van der Waals surface area contributed by atoms with Crippen molar-refractivity contribution in [3.05, 3.63) is 92.8 Å². The Morgan fingerprint density at radius 1 is 1.09 bits per heavy atom. The van der Waals surface area contributed by atoms with Crippen molar-refractivity contribution in [1.29, 1.82) is 0 Å². The number of fused-ring (bicyclic) bond motifs is 1. The van der Waals surface area contributed by atoms with Crippen LogP contribution in [0.4, 0.5) is 0 Å². The van der Waals surface area contributed by atoms with Gasteiger partial charge in [-0.3, -0.25) is 14.3 Å². The summed E-state index contributed by atoms with van der Waals surface area (Å²) in [5.74, 6) is -0.718. The maximum Gasteiger partial charge on any atom is 0.338 e. The van der Waals surface area contributed by atoms with Crippen molar-refractivity contribution in [2.24, 2.45) is 5.92 Å². The van der Waals surface area contributed by atoms with Crippen LogP contribution >= 0.6 is 0 Å². The Labute approximate surface area is 194 Å². The van der Waals surface area contributed by atoms with Crippen molar-refractivity contribution >= 4 is 5.97 Å². The number of H-pyrrole nitrogens is 1. The zero-order valence-corrected chi connectivity index (χ0v) is 18.5. The summed E-state index contributed by atoms with van der Waals surface area (Å²) in [6.07, 6.45) is -0.344. The molecule has 4 unspecified atom stereocenters. The molecule has 0 spiro atoms. The van der Waals surface area contributed by atoms with Gasteiger partial charge in [0.25, 0.3) is 5.56 Å². The zero-order valence-electron chi connectivity index (χ0n) is 18.5. The normalized spacial score (nSPS) is 23.9. The quantitative estimate of drug-likeness (QED) is 0.577. The third-order valence-corrected chi connectivity index (χ3v) is 6.18. The van der Waals surface area contributed by atoms with Crippen LogP contribution in [0, 0.1) is 12.8 Å². The lowest BCUT2D eigenvalue weighted by molar-refractivity contribution is -0.176. The van der Waals surface area contributed by atoms with Gasteiger partial charge >= 0.3 is 11.7 Å². The second-order valence-electron chi connectivity index (χ2n) is 8.37. The van der Waals surface area contributed by atoms with E-state index in [1.165, 1.54) is 10.8 Å². The second-order valence-corrected chi connectivity index (χ2v) is 8.37. The summed E-state index contributed by atoms with van der Waals surface area (Å²) in [7, 11) is 0. The Kier molecular flexibility index (Phi) is 6.14. The fraction of sp³-hybridized carbons (Fsp3) is 0.320. The fourth-order valence-electron chi connectivity index (χ4n) is 4.33. The summed E-state index contributed by atoms with van der Waals surface area (Å²) in [4.78, 5) is 39.1. The minimum Gasteiger partial charge on any atom is -0.459 e. The third kappa shape index (κ3) is 4.33. The van der Waals surface area contributed by atoms with Crippen LogP contribution in [0.25, 0.3) is 11.1 Å². The van der Waals surface area contributed by atoms with E-state index in [1.54, 1.807) is 19.1 Å². The van der Waals surface area contributed by atoms with E-state index in [1.807, 2.05) is 42.5 Å². The van der Waals surface area contributed by atoms with Crippen molar-refractivity contribution in [3.63, 3.8) is 0 Å². The highest BCUT2D eigenvalue weighted by Gasteiger charge is 2.49.